The molecule has 0 saturated carbocycles. The minimum absolute atomic E-state index is 0.0809. The molecule has 0 aliphatic heterocycles. The Hall–Kier alpha value is -1.73. The SMILES string of the molecule is CCOC(=O)c1ccc(C(=O)CCBr)c(C(O)C(=O)O)c1. The zero-order valence-electron chi connectivity index (χ0n) is 11.3. The van der Waals surface area contributed by atoms with E-state index in [1.807, 2.05) is 0 Å². The van der Waals surface area contributed by atoms with Crippen molar-refractivity contribution >= 4 is 33.7 Å². The molecule has 0 aromatic heterocycles. The van der Waals surface area contributed by atoms with Crippen molar-refractivity contribution in [2.45, 2.75) is 19.4 Å². The topological polar surface area (TPSA) is 101 Å². The molecule has 0 aliphatic carbocycles. The maximum absolute atomic E-state index is 11.9. The van der Waals surface area contributed by atoms with Gasteiger partial charge in [0.15, 0.2) is 11.9 Å². The minimum Gasteiger partial charge on any atom is -0.479 e. The van der Waals surface area contributed by atoms with E-state index < -0.39 is 18.0 Å². The van der Waals surface area contributed by atoms with Gasteiger partial charge in [-0.25, -0.2) is 9.59 Å². The minimum atomic E-state index is -1.88. The smallest absolute Gasteiger partial charge is 0.338 e. The van der Waals surface area contributed by atoms with Crippen LogP contribution < -0.4 is 0 Å². The van der Waals surface area contributed by atoms with Gasteiger partial charge in [-0.3, -0.25) is 4.79 Å². The summed E-state index contributed by atoms with van der Waals surface area (Å²) >= 11 is 3.12. The molecule has 1 aromatic carbocycles. The molecule has 7 heteroatoms. The highest BCUT2D eigenvalue weighted by Gasteiger charge is 2.24. The summed E-state index contributed by atoms with van der Waals surface area (Å²) in [5.74, 6) is -2.46. The molecular formula is C14H15BrO6. The maximum atomic E-state index is 11.9. The van der Waals surface area contributed by atoms with E-state index in [-0.39, 0.29) is 35.5 Å². The van der Waals surface area contributed by atoms with Crippen molar-refractivity contribution < 1.29 is 29.3 Å². The van der Waals surface area contributed by atoms with Gasteiger partial charge in [0.25, 0.3) is 0 Å². The van der Waals surface area contributed by atoms with Crippen molar-refractivity contribution in [1.82, 2.24) is 0 Å². The number of benzene rings is 1. The van der Waals surface area contributed by atoms with Crippen LogP contribution in [0.2, 0.25) is 0 Å². The van der Waals surface area contributed by atoms with Crippen LogP contribution in [-0.2, 0) is 9.53 Å². The second kappa shape index (κ2) is 7.90. The molecule has 0 fully saturated rings. The van der Waals surface area contributed by atoms with E-state index in [1.54, 1.807) is 6.92 Å². The number of aliphatic hydroxyl groups excluding tert-OH is 1. The molecule has 1 unspecified atom stereocenters. The number of carbonyl (C=O) groups excluding carboxylic acids is 2. The van der Waals surface area contributed by atoms with Crippen molar-refractivity contribution in [3.8, 4) is 0 Å². The van der Waals surface area contributed by atoms with Gasteiger partial charge in [-0.1, -0.05) is 22.0 Å². The molecular weight excluding hydrogens is 344 g/mol. The number of aliphatic carboxylic acids is 1. The van der Waals surface area contributed by atoms with E-state index in [4.69, 9.17) is 9.84 Å². The highest BCUT2D eigenvalue weighted by atomic mass is 79.9. The Morgan fingerprint density at radius 2 is 2.00 bits per heavy atom. The monoisotopic (exact) mass is 358 g/mol. The molecule has 6 nitrogen and oxygen atoms in total. The van der Waals surface area contributed by atoms with Gasteiger partial charge >= 0.3 is 11.9 Å². The zero-order chi connectivity index (χ0) is 16.0. The third-order valence-electron chi connectivity index (χ3n) is 2.71. The Bertz CT molecular complexity index is 554. The fraction of sp³-hybridized carbons (Fsp3) is 0.357. The summed E-state index contributed by atoms with van der Waals surface area (Å²) in [6.07, 6.45) is -1.73. The molecule has 114 valence electrons. The lowest BCUT2D eigenvalue weighted by Gasteiger charge is -2.13. The first-order valence-corrected chi connectivity index (χ1v) is 7.35. The van der Waals surface area contributed by atoms with Gasteiger partial charge in [-0.2, -0.15) is 0 Å². The molecule has 0 amide bonds. The van der Waals surface area contributed by atoms with Gasteiger partial charge in [-0.15, -0.1) is 0 Å². The standard InChI is InChI=1S/C14H15BrO6/c1-2-21-14(20)8-3-4-9(11(16)5-6-15)10(7-8)12(17)13(18)19/h3-4,7,12,17H,2,5-6H2,1H3,(H,18,19). The highest BCUT2D eigenvalue weighted by molar-refractivity contribution is 9.09. The normalized spacial score (nSPS) is 11.8. The van der Waals surface area contributed by atoms with E-state index >= 15 is 0 Å². The summed E-state index contributed by atoms with van der Waals surface area (Å²) in [6.45, 7) is 1.80. The van der Waals surface area contributed by atoms with Crippen LogP contribution >= 0.6 is 15.9 Å². The lowest BCUT2D eigenvalue weighted by Crippen LogP contribution is -2.17. The number of carboxylic acid groups (broad SMARTS) is 1. The summed E-state index contributed by atoms with van der Waals surface area (Å²) in [5.41, 5.74) is 0.0546. The van der Waals surface area contributed by atoms with Gasteiger partial charge < -0.3 is 14.9 Å². The lowest BCUT2D eigenvalue weighted by molar-refractivity contribution is -0.146. The molecule has 0 saturated heterocycles. The van der Waals surface area contributed by atoms with Gasteiger partial charge in [0.05, 0.1) is 12.2 Å². The van der Waals surface area contributed by atoms with Crippen LogP contribution in [-0.4, -0.2) is 39.9 Å². The van der Waals surface area contributed by atoms with E-state index in [1.165, 1.54) is 18.2 Å². The Balaban J connectivity index is 3.29. The fourth-order valence-corrected chi connectivity index (χ4v) is 2.10. The van der Waals surface area contributed by atoms with Crippen LogP contribution in [0.25, 0.3) is 0 Å². The number of carboxylic acids is 1. The average Bonchev–Trinajstić information content (AvgIpc) is 2.46. The molecule has 0 heterocycles. The first-order chi connectivity index (χ1) is 9.92. The Labute approximate surface area is 129 Å². The number of alkyl halides is 1. The van der Waals surface area contributed by atoms with Crippen LogP contribution in [0.15, 0.2) is 18.2 Å². The number of esters is 1. The Morgan fingerprint density at radius 3 is 2.52 bits per heavy atom. The number of ketones is 1. The van der Waals surface area contributed by atoms with Crippen molar-refractivity contribution in [1.29, 1.82) is 0 Å². The molecule has 0 bridgehead atoms. The van der Waals surface area contributed by atoms with Gasteiger partial charge in [-0.05, 0) is 19.1 Å². The van der Waals surface area contributed by atoms with Crippen LogP contribution in [0.4, 0.5) is 0 Å². The molecule has 0 radical (unpaired) electrons. The van der Waals surface area contributed by atoms with Crippen molar-refractivity contribution in [3.63, 3.8) is 0 Å². The number of rotatable bonds is 7. The fourth-order valence-electron chi connectivity index (χ4n) is 1.74. The molecule has 2 N–H and O–H groups in total. The molecule has 1 atom stereocenters. The predicted octanol–water partition coefficient (Wildman–Crippen LogP) is 1.95. The molecule has 0 spiro atoms. The van der Waals surface area contributed by atoms with Crippen molar-refractivity contribution in [2.75, 3.05) is 11.9 Å². The van der Waals surface area contributed by atoms with Crippen molar-refractivity contribution in [3.05, 3.63) is 34.9 Å². The maximum Gasteiger partial charge on any atom is 0.338 e. The van der Waals surface area contributed by atoms with E-state index in [0.29, 0.717) is 5.33 Å². The predicted molar refractivity (Wildman–Crippen MR) is 77.7 cm³/mol. The third-order valence-corrected chi connectivity index (χ3v) is 3.11. The quantitative estimate of drug-likeness (QED) is 0.438. The largest absolute Gasteiger partial charge is 0.479 e. The zero-order valence-corrected chi connectivity index (χ0v) is 12.9. The summed E-state index contributed by atoms with van der Waals surface area (Å²) in [5, 5.41) is 19.0. The number of hydrogen-bond donors (Lipinski definition) is 2. The van der Waals surface area contributed by atoms with Crippen LogP contribution in [0.5, 0.6) is 0 Å². The summed E-state index contributed by atoms with van der Waals surface area (Å²) in [6, 6.07) is 3.88. The first kappa shape index (κ1) is 17.3. The number of halogens is 1. The van der Waals surface area contributed by atoms with E-state index in [9.17, 15) is 19.5 Å². The highest BCUT2D eigenvalue weighted by Crippen LogP contribution is 2.22. The number of carbonyl (C=O) groups is 3. The third kappa shape index (κ3) is 4.37. The summed E-state index contributed by atoms with van der Waals surface area (Å²) in [7, 11) is 0. The summed E-state index contributed by atoms with van der Waals surface area (Å²) < 4.78 is 4.81. The van der Waals surface area contributed by atoms with Gasteiger partial charge in [0.1, 0.15) is 0 Å². The van der Waals surface area contributed by atoms with Crippen LogP contribution in [0.3, 0.4) is 0 Å². The van der Waals surface area contributed by atoms with Gasteiger partial charge in [0, 0.05) is 22.9 Å². The van der Waals surface area contributed by atoms with Gasteiger partial charge in [0.2, 0.25) is 0 Å². The number of aliphatic hydroxyl groups is 1. The van der Waals surface area contributed by atoms with Crippen LogP contribution in [0, 0.1) is 0 Å². The van der Waals surface area contributed by atoms with E-state index in [0.717, 1.165) is 0 Å². The average molecular weight is 359 g/mol. The molecule has 1 rings (SSSR count). The Kier molecular flexibility index (Phi) is 6.51. The number of Topliss-reactive ketones (excluding diaryl/α,β-unsaturated/α-hetero) is 1. The molecule has 0 aliphatic rings. The van der Waals surface area contributed by atoms with E-state index in [2.05, 4.69) is 15.9 Å². The molecule has 21 heavy (non-hydrogen) atoms. The second-order valence-corrected chi connectivity index (χ2v) is 4.92. The number of ether oxygens (including phenoxy) is 1. The lowest BCUT2D eigenvalue weighted by atomic mass is 9.95. The van der Waals surface area contributed by atoms with Crippen LogP contribution in [0.1, 0.15) is 45.7 Å². The summed E-state index contributed by atoms with van der Waals surface area (Å²) in [4.78, 5) is 34.6. The van der Waals surface area contributed by atoms with Crippen molar-refractivity contribution in [2.24, 2.45) is 0 Å². The number of hydrogen-bond acceptors (Lipinski definition) is 5. The second-order valence-electron chi connectivity index (χ2n) is 4.13. The Morgan fingerprint density at radius 1 is 1.33 bits per heavy atom. The first-order valence-electron chi connectivity index (χ1n) is 6.23. The molecule has 1 aromatic rings.